The molecule has 0 radical (unpaired) electrons. The second kappa shape index (κ2) is 5.74. The first-order valence-corrected chi connectivity index (χ1v) is 8.69. The van der Waals surface area contributed by atoms with E-state index in [0.717, 1.165) is 11.1 Å². The first-order chi connectivity index (χ1) is 10.5. The summed E-state index contributed by atoms with van der Waals surface area (Å²) in [7, 11) is -1.89. The zero-order valence-electron chi connectivity index (χ0n) is 12.7. The number of hydrogen-bond donors (Lipinski definition) is 0. The predicted molar refractivity (Wildman–Crippen MR) is 86.5 cm³/mol. The molecule has 0 spiro atoms. The molecule has 1 aliphatic rings. The van der Waals surface area contributed by atoms with E-state index in [-0.39, 0.29) is 6.10 Å². The first kappa shape index (κ1) is 15.1. The van der Waals surface area contributed by atoms with Crippen LogP contribution in [0.2, 0.25) is 0 Å². The SMILES string of the molecule is COC1CCN(S(=O)(=O)c2cccc(C)c2)c2ccccc21. The van der Waals surface area contributed by atoms with Gasteiger partial charge < -0.3 is 4.74 Å². The molecule has 1 unspecified atom stereocenters. The summed E-state index contributed by atoms with van der Waals surface area (Å²) in [6, 6.07) is 14.6. The minimum Gasteiger partial charge on any atom is -0.377 e. The van der Waals surface area contributed by atoms with E-state index in [1.54, 1.807) is 25.3 Å². The molecule has 0 aliphatic carbocycles. The molecule has 22 heavy (non-hydrogen) atoms. The van der Waals surface area contributed by atoms with Crippen LogP contribution in [0.15, 0.2) is 53.4 Å². The maximum absolute atomic E-state index is 13.0. The van der Waals surface area contributed by atoms with Gasteiger partial charge in [-0.05, 0) is 37.1 Å². The van der Waals surface area contributed by atoms with Crippen molar-refractivity contribution in [2.75, 3.05) is 18.0 Å². The van der Waals surface area contributed by atoms with Crippen molar-refractivity contribution in [2.45, 2.75) is 24.3 Å². The van der Waals surface area contributed by atoms with Crippen LogP contribution in [0.3, 0.4) is 0 Å². The van der Waals surface area contributed by atoms with Crippen LogP contribution in [0.1, 0.15) is 23.7 Å². The topological polar surface area (TPSA) is 46.6 Å². The van der Waals surface area contributed by atoms with Gasteiger partial charge in [0.15, 0.2) is 0 Å². The number of ether oxygens (including phenoxy) is 1. The highest BCUT2D eigenvalue weighted by atomic mass is 32.2. The zero-order valence-corrected chi connectivity index (χ0v) is 13.5. The molecule has 1 aliphatic heterocycles. The van der Waals surface area contributed by atoms with Crippen LogP contribution in [0, 0.1) is 6.92 Å². The number of fused-ring (bicyclic) bond motifs is 1. The average Bonchev–Trinajstić information content (AvgIpc) is 2.53. The Labute approximate surface area is 131 Å². The van der Waals surface area contributed by atoms with E-state index >= 15 is 0 Å². The Kier molecular flexibility index (Phi) is 3.93. The number of methoxy groups -OCH3 is 1. The van der Waals surface area contributed by atoms with Crippen LogP contribution in [0.5, 0.6) is 0 Å². The van der Waals surface area contributed by atoms with Crippen LogP contribution >= 0.6 is 0 Å². The third kappa shape index (κ3) is 2.51. The van der Waals surface area contributed by atoms with Gasteiger partial charge in [0.2, 0.25) is 0 Å². The number of nitrogens with zero attached hydrogens (tertiary/aromatic N) is 1. The van der Waals surface area contributed by atoms with Crippen LogP contribution in [0.4, 0.5) is 5.69 Å². The fourth-order valence-electron chi connectivity index (χ4n) is 2.89. The van der Waals surface area contributed by atoms with Crippen molar-refractivity contribution in [3.8, 4) is 0 Å². The molecule has 1 heterocycles. The second-order valence-electron chi connectivity index (χ2n) is 5.47. The molecule has 0 saturated carbocycles. The van der Waals surface area contributed by atoms with Gasteiger partial charge in [0.1, 0.15) is 0 Å². The van der Waals surface area contributed by atoms with E-state index in [2.05, 4.69) is 0 Å². The molecule has 1 atom stereocenters. The number of sulfonamides is 1. The molecule has 0 N–H and O–H groups in total. The maximum atomic E-state index is 13.0. The minimum absolute atomic E-state index is 0.0554. The molecule has 3 rings (SSSR count). The zero-order chi connectivity index (χ0) is 15.7. The van der Waals surface area contributed by atoms with Gasteiger partial charge >= 0.3 is 0 Å². The van der Waals surface area contributed by atoms with Crippen molar-refractivity contribution in [3.63, 3.8) is 0 Å². The van der Waals surface area contributed by atoms with Crippen molar-refractivity contribution < 1.29 is 13.2 Å². The third-order valence-electron chi connectivity index (χ3n) is 4.01. The van der Waals surface area contributed by atoms with Crippen LogP contribution in [0.25, 0.3) is 0 Å². The van der Waals surface area contributed by atoms with E-state index in [1.165, 1.54) is 4.31 Å². The molecule has 0 bridgehead atoms. The Morgan fingerprint density at radius 1 is 1.14 bits per heavy atom. The highest BCUT2D eigenvalue weighted by molar-refractivity contribution is 7.92. The molecule has 0 fully saturated rings. The van der Waals surface area contributed by atoms with Gasteiger partial charge in [-0.3, -0.25) is 4.31 Å². The molecule has 0 amide bonds. The summed E-state index contributed by atoms with van der Waals surface area (Å²) < 4.78 is 32.9. The monoisotopic (exact) mass is 317 g/mol. The van der Waals surface area contributed by atoms with Gasteiger partial charge in [-0.15, -0.1) is 0 Å². The van der Waals surface area contributed by atoms with Crippen molar-refractivity contribution in [2.24, 2.45) is 0 Å². The van der Waals surface area contributed by atoms with Gasteiger partial charge in [0.05, 0.1) is 16.7 Å². The molecule has 5 heteroatoms. The Morgan fingerprint density at radius 2 is 1.91 bits per heavy atom. The maximum Gasteiger partial charge on any atom is 0.264 e. The van der Waals surface area contributed by atoms with Crippen molar-refractivity contribution in [1.29, 1.82) is 0 Å². The molecular formula is C17H19NO3S. The fourth-order valence-corrected chi connectivity index (χ4v) is 4.51. The Balaban J connectivity index is 2.09. The molecular weight excluding hydrogens is 298 g/mol. The van der Waals surface area contributed by atoms with Crippen molar-refractivity contribution in [1.82, 2.24) is 0 Å². The molecule has 4 nitrogen and oxygen atoms in total. The first-order valence-electron chi connectivity index (χ1n) is 7.25. The summed E-state index contributed by atoms with van der Waals surface area (Å²) in [5.74, 6) is 0. The van der Waals surface area contributed by atoms with Crippen LogP contribution < -0.4 is 4.31 Å². The molecule has 116 valence electrons. The molecule has 0 aromatic heterocycles. The standard InChI is InChI=1S/C17H19NO3S/c1-13-6-5-7-14(12-13)22(19,20)18-11-10-17(21-2)15-8-3-4-9-16(15)18/h3-9,12,17H,10-11H2,1-2H3. The van der Waals surface area contributed by atoms with E-state index < -0.39 is 10.0 Å². The predicted octanol–water partition coefficient (Wildman–Crippen LogP) is 3.28. The number of benzene rings is 2. The Morgan fingerprint density at radius 3 is 2.64 bits per heavy atom. The quantitative estimate of drug-likeness (QED) is 0.873. The third-order valence-corrected chi connectivity index (χ3v) is 5.82. The number of hydrogen-bond acceptors (Lipinski definition) is 3. The van der Waals surface area contributed by atoms with Crippen LogP contribution in [-0.4, -0.2) is 22.1 Å². The number of rotatable bonds is 3. The van der Waals surface area contributed by atoms with E-state index in [9.17, 15) is 8.42 Å². The summed E-state index contributed by atoms with van der Waals surface area (Å²) in [5.41, 5.74) is 2.57. The lowest BCUT2D eigenvalue weighted by Gasteiger charge is -2.34. The highest BCUT2D eigenvalue weighted by Gasteiger charge is 2.32. The lowest BCUT2D eigenvalue weighted by atomic mass is 10.0. The fraction of sp³-hybridized carbons (Fsp3) is 0.294. The number of para-hydroxylation sites is 1. The van der Waals surface area contributed by atoms with E-state index in [0.29, 0.717) is 23.5 Å². The van der Waals surface area contributed by atoms with Gasteiger partial charge in [0, 0.05) is 19.2 Å². The highest BCUT2D eigenvalue weighted by Crippen LogP contribution is 2.38. The van der Waals surface area contributed by atoms with Crippen LogP contribution in [-0.2, 0) is 14.8 Å². The molecule has 0 saturated heterocycles. The summed E-state index contributed by atoms with van der Waals surface area (Å²) in [5, 5.41) is 0. The van der Waals surface area contributed by atoms with Gasteiger partial charge in [-0.2, -0.15) is 0 Å². The van der Waals surface area contributed by atoms with E-state index in [4.69, 9.17) is 4.74 Å². The number of aryl methyl sites for hydroxylation is 1. The van der Waals surface area contributed by atoms with Gasteiger partial charge in [-0.25, -0.2) is 8.42 Å². The Bertz CT molecular complexity index is 786. The van der Waals surface area contributed by atoms with Crippen molar-refractivity contribution in [3.05, 3.63) is 59.7 Å². The Hall–Kier alpha value is -1.85. The smallest absolute Gasteiger partial charge is 0.264 e. The molecule has 2 aromatic carbocycles. The van der Waals surface area contributed by atoms with E-state index in [1.807, 2.05) is 37.3 Å². The second-order valence-corrected chi connectivity index (χ2v) is 7.33. The summed E-state index contributed by atoms with van der Waals surface area (Å²) >= 11 is 0. The molecule has 2 aromatic rings. The summed E-state index contributed by atoms with van der Waals surface area (Å²) in [4.78, 5) is 0.332. The van der Waals surface area contributed by atoms with Gasteiger partial charge in [-0.1, -0.05) is 30.3 Å². The lowest BCUT2D eigenvalue weighted by molar-refractivity contribution is 0.0951. The average molecular weight is 317 g/mol. The number of anilines is 1. The van der Waals surface area contributed by atoms with Crippen molar-refractivity contribution >= 4 is 15.7 Å². The largest absolute Gasteiger partial charge is 0.377 e. The normalized spacial score (nSPS) is 18.1. The lowest BCUT2D eigenvalue weighted by Crippen LogP contribution is -2.37. The summed E-state index contributed by atoms with van der Waals surface area (Å²) in [6.45, 7) is 2.32. The summed E-state index contributed by atoms with van der Waals surface area (Å²) in [6.07, 6.45) is 0.596. The minimum atomic E-state index is -3.55. The van der Waals surface area contributed by atoms with Gasteiger partial charge in [0.25, 0.3) is 10.0 Å².